The molecule has 0 saturated carbocycles. The van der Waals surface area contributed by atoms with E-state index in [1.165, 1.54) is 18.2 Å². The van der Waals surface area contributed by atoms with Crippen molar-refractivity contribution in [3.63, 3.8) is 0 Å². The summed E-state index contributed by atoms with van der Waals surface area (Å²) in [7, 11) is 1.63. The van der Waals surface area contributed by atoms with Crippen LogP contribution >= 0.6 is 0 Å². The third-order valence-corrected chi connectivity index (χ3v) is 2.41. The van der Waals surface area contributed by atoms with E-state index in [4.69, 9.17) is 4.74 Å². The molecular weight excluding hydrogens is 209 g/mol. The third kappa shape index (κ3) is 3.47. The Morgan fingerprint density at radius 3 is 2.75 bits per heavy atom. The minimum atomic E-state index is -0.346. The first kappa shape index (κ1) is 12.9. The minimum absolute atomic E-state index is 0.103. The summed E-state index contributed by atoms with van der Waals surface area (Å²) < 4.78 is 18.0. The zero-order valence-corrected chi connectivity index (χ0v) is 9.83. The summed E-state index contributed by atoms with van der Waals surface area (Å²) in [5, 5.41) is 12.8. The van der Waals surface area contributed by atoms with Gasteiger partial charge in [-0.3, -0.25) is 0 Å². The summed E-state index contributed by atoms with van der Waals surface area (Å²) in [5.41, 5.74) is 0.558. The molecule has 0 bridgehead atoms. The second kappa shape index (κ2) is 5.82. The highest BCUT2D eigenvalue weighted by molar-refractivity contribution is 5.34. The monoisotopic (exact) mass is 227 g/mol. The number of hydrogen-bond donors (Lipinski definition) is 2. The van der Waals surface area contributed by atoms with Crippen molar-refractivity contribution >= 4 is 0 Å². The number of aromatic hydroxyl groups is 1. The lowest BCUT2D eigenvalue weighted by atomic mass is 10.1. The zero-order valence-electron chi connectivity index (χ0n) is 9.83. The van der Waals surface area contributed by atoms with Crippen molar-refractivity contribution in [3.05, 3.63) is 29.6 Å². The molecule has 1 rings (SSSR count). The zero-order chi connectivity index (χ0) is 12.1. The van der Waals surface area contributed by atoms with Crippen molar-refractivity contribution in [3.8, 4) is 5.75 Å². The van der Waals surface area contributed by atoms with Gasteiger partial charge in [-0.15, -0.1) is 0 Å². The van der Waals surface area contributed by atoms with Gasteiger partial charge in [-0.2, -0.15) is 0 Å². The van der Waals surface area contributed by atoms with Crippen LogP contribution in [0.15, 0.2) is 18.2 Å². The third-order valence-electron chi connectivity index (χ3n) is 2.41. The molecule has 16 heavy (non-hydrogen) atoms. The number of benzene rings is 1. The molecule has 0 saturated heterocycles. The Hall–Kier alpha value is -1.13. The van der Waals surface area contributed by atoms with Gasteiger partial charge < -0.3 is 15.2 Å². The van der Waals surface area contributed by atoms with Gasteiger partial charge in [0.1, 0.15) is 11.6 Å². The molecule has 0 aliphatic rings. The first-order chi connectivity index (χ1) is 7.54. The summed E-state index contributed by atoms with van der Waals surface area (Å²) in [4.78, 5) is 0. The van der Waals surface area contributed by atoms with Crippen LogP contribution in [0.4, 0.5) is 4.39 Å². The van der Waals surface area contributed by atoms with Crippen LogP contribution in [0.1, 0.15) is 25.5 Å². The van der Waals surface area contributed by atoms with Crippen LogP contribution in [-0.4, -0.2) is 24.9 Å². The quantitative estimate of drug-likeness (QED) is 0.810. The number of halogens is 1. The fourth-order valence-electron chi connectivity index (χ4n) is 1.69. The van der Waals surface area contributed by atoms with Crippen LogP contribution < -0.4 is 5.32 Å². The van der Waals surface area contributed by atoms with Gasteiger partial charge in [0.15, 0.2) is 0 Å². The molecule has 0 heterocycles. The van der Waals surface area contributed by atoms with Crippen LogP contribution in [0.25, 0.3) is 0 Å². The Balaban J connectivity index is 2.72. The van der Waals surface area contributed by atoms with Crippen molar-refractivity contribution in [2.24, 2.45) is 0 Å². The lowest BCUT2D eigenvalue weighted by Crippen LogP contribution is -2.32. The number of nitrogens with one attached hydrogen (secondary N) is 1. The topological polar surface area (TPSA) is 41.5 Å². The molecule has 1 aromatic rings. The van der Waals surface area contributed by atoms with Gasteiger partial charge in [-0.1, -0.05) is 0 Å². The summed E-state index contributed by atoms with van der Waals surface area (Å²) >= 11 is 0. The van der Waals surface area contributed by atoms with Crippen molar-refractivity contribution in [1.29, 1.82) is 0 Å². The van der Waals surface area contributed by atoms with E-state index in [9.17, 15) is 9.50 Å². The highest BCUT2D eigenvalue weighted by Gasteiger charge is 2.13. The van der Waals surface area contributed by atoms with Crippen LogP contribution in [0.5, 0.6) is 5.75 Å². The predicted molar refractivity (Wildman–Crippen MR) is 61.0 cm³/mol. The lowest BCUT2D eigenvalue weighted by Gasteiger charge is -2.20. The normalized spacial score (nSPS) is 14.8. The Kier molecular flexibility index (Phi) is 4.71. The average Bonchev–Trinajstić information content (AvgIpc) is 2.21. The number of ether oxygens (including phenoxy) is 1. The maximum atomic E-state index is 13.0. The molecule has 0 radical (unpaired) electrons. The number of rotatable bonds is 5. The molecule has 2 N–H and O–H groups in total. The predicted octanol–water partition coefficient (Wildman–Crippen LogP) is 2.22. The highest BCUT2D eigenvalue weighted by Crippen LogP contribution is 2.24. The molecule has 0 aromatic heterocycles. The Bertz CT molecular complexity index is 344. The molecule has 4 heteroatoms. The largest absolute Gasteiger partial charge is 0.508 e. The van der Waals surface area contributed by atoms with E-state index in [1.807, 2.05) is 13.8 Å². The smallest absolute Gasteiger partial charge is 0.123 e. The van der Waals surface area contributed by atoms with E-state index in [1.54, 1.807) is 7.11 Å². The van der Waals surface area contributed by atoms with E-state index >= 15 is 0 Å². The van der Waals surface area contributed by atoms with Gasteiger partial charge in [0.05, 0.1) is 6.61 Å². The van der Waals surface area contributed by atoms with E-state index in [-0.39, 0.29) is 23.7 Å². The molecule has 90 valence electrons. The van der Waals surface area contributed by atoms with E-state index < -0.39 is 0 Å². The van der Waals surface area contributed by atoms with Crippen molar-refractivity contribution in [1.82, 2.24) is 5.32 Å². The summed E-state index contributed by atoms with van der Waals surface area (Å²) in [5.74, 6) is -0.244. The molecule has 0 aliphatic carbocycles. The SMILES string of the molecule is COCC(C)NC(C)c1cc(F)ccc1O. The number of methoxy groups -OCH3 is 1. The summed E-state index contributed by atoms with van der Waals surface area (Å²) in [6, 6.07) is 3.96. The average molecular weight is 227 g/mol. The van der Waals surface area contributed by atoms with Gasteiger partial charge in [0.2, 0.25) is 0 Å². The molecule has 0 spiro atoms. The molecule has 0 amide bonds. The first-order valence-corrected chi connectivity index (χ1v) is 5.28. The van der Waals surface area contributed by atoms with Gasteiger partial charge in [0.25, 0.3) is 0 Å². The van der Waals surface area contributed by atoms with E-state index in [0.29, 0.717) is 12.2 Å². The van der Waals surface area contributed by atoms with Crippen molar-refractivity contribution < 1.29 is 14.2 Å². The Morgan fingerprint density at radius 2 is 2.12 bits per heavy atom. The van der Waals surface area contributed by atoms with Crippen LogP contribution in [0.3, 0.4) is 0 Å². The fraction of sp³-hybridized carbons (Fsp3) is 0.500. The molecular formula is C12H18FNO2. The molecule has 1 aromatic carbocycles. The molecule has 3 nitrogen and oxygen atoms in total. The van der Waals surface area contributed by atoms with E-state index in [0.717, 1.165) is 0 Å². The molecule has 0 fully saturated rings. The Morgan fingerprint density at radius 1 is 1.44 bits per heavy atom. The molecule has 2 unspecified atom stereocenters. The standard InChI is InChI=1S/C12H18FNO2/c1-8(7-16-3)14-9(2)11-6-10(13)4-5-12(11)15/h4-6,8-9,14-15H,7H2,1-3H3. The summed E-state index contributed by atoms with van der Waals surface area (Å²) in [6.07, 6.45) is 0. The summed E-state index contributed by atoms with van der Waals surface area (Å²) in [6.45, 7) is 4.41. The second-order valence-electron chi connectivity index (χ2n) is 3.95. The molecule has 2 atom stereocenters. The number of phenolic OH excluding ortho intramolecular Hbond substituents is 1. The number of hydrogen-bond acceptors (Lipinski definition) is 3. The highest BCUT2D eigenvalue weighted by atomic mass is 19.1. The van der Waals surface area contributed by atoms with E-state index in [2.05, 4.69) is 5.32 Å². The minimum Gasteiger partial charge on any atom is -0.508 e. The van der Waals surface area contributed by atoms with Crippen LogP contribution in [-0.2, 0) is 4.74 Å². The van der Waals surface area contributed by atoms with Gasteiger partial charge >= 0.3 is 0 Å². The van der Waals surface area contributed by atoms with Gasteiger partial charge in [-0.05, 0) is 32.0 Å². The van der Waals surface area contributed by atoms with Gasteiger partial charge in [0, 0.05) is 24.8 Å². The maximum Gasteiger partial charge on any atom is 0.123 e. The number of phenols is 1. The van der Waals surface area contributed by atoms with Crippen molar-refractivity contribution in [2.45, 2.75) is 25.9 Å². The second-order valence-corrected chi connectivity index (χ2v) is 3.95. The first-order valence-electron chi connectivity index (χ1n) is 5.28. The van der Waals surface area contributed by atoms with Crippen molar-refractivity contribution in [2.75, 3.05) is 13.7 Å². The van der Waals surface area contributed by atoms with Crippen LogP contribution in [0.2, 0.25) is 0 Å². The van der Waals surface area contributed by atoms with Gasteiger partial charge in [-0.25, -0.2) is 4.39 Å². The maximum absolute atomic E-state index is 13.0. The lowest BCUT2D eigenvalue weighted by molar-refractivity contribution is 0.167. The van der Waals surface area contributed by atoms with Crippen LogP contribution in [0, 0.1) is 5.82 Å². The Labute approximate surface area is 95.2 Å². The fourth-order valence-corrected chi connectivity index (χ4v) is 1.69. The molecule has 0 aliphatic heterocycles.